The number of anilines is 1. The van der Waals surface area contributed by atoms with Crippen LogP contribution < -0.4 is 16.4 Å². The van der Waals surface area contributed by atoms with E-state index in [1.807, 2.05) is 0 Å². The van der Waals surface area contributed by atoms with Gasteiger partial charge in [0.15, 0.2) is 4.34 Å². The third kappa shape index (κ3) is 4.57. The highest BCUT2D eigenvalue weighted by atomic mass is 32.2. The Morgan fingerprint density at radius 3 is 2.76 bits per heavy atom. The van der Waals surface area contributed by atoms with E-state index in [-0.39, 0.29) is 5.91 Å². The van der Waals surface area contributed by atoms with Crippen LogP contribution in [0.25, 0.3) is 0 Å². The van der Waals surface area contributed by atoms with Crippen molar-refractivity contribution in [2.75, 3.05) is 12.3 Å². The van der Waals surface area contributed by atoms with Gasteiger partial charge in [-0.05, 0) is 13.8 Å². The van der Waals surface area contributed by atoms with Crippen LogP contribution in [0.1, 0.15) is 13.8 Å². The SMILES string of the molecule is CCNC(=O)NC(=O)[C@@H](C)Sc1nnc(N)s1. The van der Waals surface area contributed by atoms with Crippen molar-refractivity contribution in [2.24, 2.45) is 0 Å². The van der Waals surface area contributed by atoms with Crippen molar-refractivity contribution in [1.82, 2.24) is 20.8 Å². The summed E-state index contributed by atoms with van der Waals surface area (Å²) in [6, 6.07) is -0.498. The van der Waals surface area contributed by atoms with E-state index in [4.69, 9.17) is 5.73 Å². The molecule has 17 heavy (non-hydrogen) atoms. The van der Waals surface area contributed by atoms with Crippen LogP contribution in [0.2, 0.25) is 0 Å². The number of urea groups is 1. The normalized spacial score (nSPS) is 11.9. The number of hydrogen-bond donors (Lipinski definition) is 3. The van der Waals surface area contributed by atoms with Gasteiger partial charge in [-0.2, -0.15) is 0 Å². The molecule has 7 nitrogen and oxygen atoms in total. The topological polar surface area (TPSA) is 110 Å². The van der Waals surface area contributed by atoms with Crippen LogP contribution in [0.3, 0.4) is 0 Å². The summed E-state index contributed by atoms with van der Waals surface area (Å²) in [7, 11) is 0. The van der Waals surface area contributed by atoms with Gasteiger partial charge in [0.05, 0.1) is 5.25 Å². The number of nitrogens with zero attached hydrogens (tertiary/aromatic N) is 2. The van der Waals surface area contributed by atoms with Crippen molar-refractivity contribution in [1.29, 1.82) is 0 Å². The zero-order valence-corrected chi connectivity index (χ0v) is 11.0. The molecule has 1 aromatic heterocycles. The highest BCUT2D eigenvalue weighted by Crippen LogP contribution is 2.27. The average molecular weight is 275 g/mol. The van der Waals surface area contributed by atoms with Crippen molar-refractivity contribution in [3.8, 4) is 0 Å². The number of rotatable bonds is 4. The van der Waals surface area contributed by atoms with Gasteiger partial charge >= 0.3 is 6.03 Å². The van der Waals surface area contributed by atoms with Crippen molar-refractivity contribution in [2.45, 2.75) is 23.4 Å². The second kappa shape index (κ2) is 6.40. The van der Waals surface area contributed by atoms with Gasteiger partial charge in [-0.25, -0.2) is 4.79 Å². The van der Waals surface area contributed by atoms with Crippen molar-refractivity contribution in [3.05, 3.63) is 0 Å². The van der Waals surface area contributed by atoms with Crippen molar-refractivity contribution in [3.63, 3.8) is 0 Å². The Morgan fingerprint density at radius 1 is 1.53 bits per heavy atom. The summed E-state index contributed by atoms with van der Waals surface area (Å²) >= 11 is 2.41. The van der Waals surface area contributed by atoms with E-state index in [0.29, 0.717) is 16.0 Å². The maximum absolute atomic E-state index is 11.6. The van der Waals surface area contributed by atoms with Crippen molar-refractivity contribution >= 4 is 40.2 Å². The summed E-state index contributed by atoms with van der Waals surface area (Å²) < 4.78 is 0.598. The molecule has 0 saturated heterocycles. The first-order valence-corrected chi connectivity index (χ1v) is 6.57. The van der Waals surface area contributed by atoms with Crippen LogP contribution in [0.4, 0.5) is 9.93 Å². The van der Waals surface area contributed by atoms with Gasteiger partial charge < -0.3 is 11.1 Å². The monoisotopic (exact) mass is 275 g/mol. The number of carbonyl (C=O) groups excluding carboxylic acids is 2. The number of nitrogens with one attached hydrogen (secondary N) is 2. The third-order valence-corrected chi connectivity index (χ3v) is 3.58. The summed E-state index contributed by atoms with van der Waals surface area (Å²) in [5.41, 5.74) is 5.42. The highest BCUT2D eigenvalue weighted by molar-refractivity contribution is 8.02. The molecule has 0 aliphatic carbocycles. The minimum absolute atomic E-state index is 0.351. The predicted octanol–water partition coefficient (Wildman–Crippen LogP) is 0.447. The lowest BCUT2D eigenvalue weighted by molar-refractivity contribution is -0.119. The first kappa shape index (κ1) is 13.7. The molecule has 1 rings (SSSR count). The molecular formula is C8H13N5O2S2. The Hall–Kier alpha value is -1.35. The van der Waals surface area contributed by atoms with Gasteiger partial charge in [-0.1, -0.05) is 23.1 Å². The highest BCUT2D eigenvalue weighted by Gasteiger charge is 2.18. The average Bonchev–Trinajstić information content (AvgIpc) is 2.64. The first-order chi connectivity index (χ1) is 8.02. The Morgan fingerprint density at radius 2 is 2.24 bits per heavy atom. The number of imide groups is 1. The molecule has 0 aromatic carbocycles. The summed E-state index contributed by atoms with van der Waals surface area (Å²) in [5.74, 6) is -0.380. The number of hydrogen-bond acceptors (Lipinski definition) is 7. The van der Waals surface area contributed by atoms with Crippen LogP contribution in [0.5, 0.6) is 0 Å². The maximum Gasteiger partial charge on any atom is 0.321 e. The smallest absolute Gasteiger partial charge is 0.321 e. The fraction of sp³-hybridized carbons (Fsp3) is 0.500. The number of carbonyl (C=O) groups is 2. The minimum atomic E-state index is -0.498. The molecule has 4 N–H and O–H groups in total. The van der Waals surface area contributed by atoms with Gasteiger partial charge in [0.1, 0.15) is 0 Å². The Balaban J connectivity index is 2.44. The Labute approximate surface area is 107 Å². The van der Waals surface area contributed by atoms with E-state index < -0.39 is 11.3 Å². The second-order valence-corrected chi connectivity index (χ2v) is 5.61. The number of thioether (sulfide) groups is 1. The van der Waals surface area contributed by atoms with Gasteiger partial charge in [0.2, 0.25) is 11.0 Å². The molecule has 9 heteroatoms. The molecule has 0 fully saturated rings. The van der Waals surface area contributed by atoms with Gasteiger partial charge in [-0.15, -0.1) is 10.2 Å². The molecule has 0 spiro atoms. The van der Waals surface area contributed by atoms with Gasteiger partial charge in [-0.3, -0.25) is 10.1 Å². The number of amides is 3. The largest absolute Gasteiger partial charge is 0.374 e. The number of nitrogens with two attached hydrogens (primary N) is 1. The van der Waals surface area contributed by atoms with Crippen molar-refractivity contribution < 1.29 is 9.59 Å². The van der Waals surface area contributed by atoms with E-state index in [1.165, 1.54) is 23.1 Å². The summed E-state index contributed by atoms with van der Waals surface area (Å²) in [5, 5.41) is 12.0. The predicted molar refractivity (Wildman–Crippen MR) is 66.9 cm³/mol. The molecule has 0 aliphatic heterocycles. The molecule has 0 bridgehead atoms. The first-order valence-electron chi connectivity index (χ1n) is 4.87. The molecule has 1 heterocycles. The fourth-order valence-electron chi connectivity index (χ4n) is 0.891. The van der Waals surface area contributed by atoms with Crippen LogP contribution in [-0.2, 0) is 4.79 Å². The van der Waals surface area contributed by atoms with E-state index in [1.54, 1.807) is 13.8 Å². The lowest BCUT2D eigenvalue weighted by Gasteiger charge is -2.09. The van der Waals surface area contributed by atoms with E-state index in [0.717, 1.165) is 0 Å². The molecule has 0 radical (unpaired) electrons. The van der Waals surface area contributed by atoms with Crippen LogP contribution in [0.15, 0.2) is 4.34 Å². The standard InChI is InChI=1S/C8H13N5O2S2/c1-3-10-7(15)11-5(14)4(2)16-8-13-12-6(9)17-8/h4H,3H2,1-2H3,(H2,9,12)(H2,10,11,14,15)/t4-/m1/s1. The molecule has 3 amide bonds. The third-order valence-electron chi connectivity index (χ3n) is 1.64. The lowest BCUT2D eigenvalue weighted by Crippen LogP contribution is -2.42. The lowest BCUT2D eigenvalue weighted by atomic mass is 10.4. The molecule has 1 atom stereocenters. The van der Waals surface area contributed by atoms with E-state index in [2.05, 4.69) is 20.8 Å². The van der Waals surface area contributed by atoms with Crippen LogP contribution in [-0.4, -0.2) is 33.9 Å². The van der Waals surface area contributed by atoms with Crippen LogP contribution in [0, 0.1) is 0 Å². The van der Waals surface area contributed by atoms with E-state index in [9.17, 15) is 9.59 Å². The number of aromatic nitrogens is 2. The Kier molecular flexibility index (Phi) is 5.16. The second-order valence-electron chi connectivity index (χ2n) is 3.01. The summed E-state index contributed by atoms with van der Waals surface area (Å²) in [6.45, 7) is 3.91. The zero-order valence-electron chi connectivity index (χ0n) is 9.39. The molecule has 0 unspecified atom stereocenters. The zero-order chi connectivity index (χ0) is 12.8. The minimum Gasteiger partial charge on any atom is -0.374 e. The van der Waals surface area contributed by atoms with Gasteiger partial charge in [0.25, 0.3) is 0 Å². The molecule has 0 saturated carbocycles. The Bertz CT molecular complexity index is 408. The molecular weight excluding hydrogens is 262 g/mol. The number of nitrogen functional groups attached to an aromatic ring is 1. The van der Waals surface area contributed by atoms with Gasteiger partial charge in [0, 0.05) is 6.54 Å². The quantitative estimate of drug-likeness (QED) is 0.688. The maximum atomic E-state index is 11.6. The summed E-state index contributed by atoms with van der Waals surface area (Å²) in [6.07, 6.45) is 0. The van der Waals surface area contributed by atoms with E-state index >= 15 is 0 Å². The molecule has 94 valence electrons. The molecule has 1 aromatic rings. The fourth-order valence-corrected chi connectivity index (χ4v) is 2.67. The summed E-state index contributed by atoms with van der Waals surface area (Å²) in [4.78, 5) is 22.7. The molecule has 0 aliphatic rings. The van der Waals surface area contributed by atoms with Crippen LogP contribution >= 0.6 is 23.1 Å².